The number of hydrogen-bond acceptors (Lipinski definition) is 5. The maximum Gasteiger partial charge on any atom is 0.295 e. The van der Waals surface area contributed by atoms with Gasteiger partial charge in [-0.2, -0.15) is 0 Å². The van der Waals surface area contributed by atoms with Crippen LogP contribution in [0.5, 0.6) is 0 Å². The van der Waals surface area contributed by atoms with Crippen LogP contribution in [0.15, 0.2) is 53.5 Å². The number of rotatable bonds is 5. The Kier molecular flexibility index (Phi) is 5.79. The van der Waals surface area contributed by atoms with E-state index in [2.05, 4.69) is 15.3 Å². The van der Waals surface area contributed by atoms with E-state index in [1.807, 2.05) is 61.2 Å². The minimum absolute atomic E-state index is 0.0249. The van der Waals surface area contributed by atoms with Crippen LogP contribution < -0.4 is 15.8 Å². The summed E-state index contributed by atoms with van der Waals surface area (Å²) < 4.78 is 1.66. The van der Waals surface area contributed by atoms with E-state index in [-0.39, 0.29) is 23.4 Å². The summed E-state index contributed by atoms with van der Waals surface area (Å²) in [7, 11) is 0. The van der Waals surface area contributed by atoms with Crippen LogP contribution in [0, 0.1) is 5.92 Å². The minimum Gasteiger partial charge on any atom is -0.352 e. The Morgan fingerprint density at radius 3 is 2.60 bits per heavy atom. The zero-order valence-corrected chi connectivity index (χ0v) is 17.4. The first-order chi connectivity index (χ1) is 14.6. The predicted molar refractivity (Wildman–Crippen MR) is 117 cm³/mol. The molecule has 3 aromatic rings. The van der Waals surface area contributed by atoms with Crippen LogP contribution in [0.2, 0.25) is 0 Å². The van der Waals surface area contributed by atoms with Crippen LogP contribution in [-0.2, 0) is 11.3 Å². The van der Waals surface area contributed by atoms with Gasteiger partial charge in [-0.05, 0) is 44.4 Å². The Morgan fingerprint density at radius 2 is 1.90 bits per heavy atom. The third-order valence-electron chi connectivity index (χ3n) is 5.82. The fraction of sp³-hybridized carbons (Fsp3) is 0.391. The summed E-state index contributed by atoms with van der Waals surface area (Å²) in [6.45, 7) is 5.75. The second kappa shape index (κ2) is 8.65. The molecule has 156 valence electrons. The Labute approximate surface area is 175 Å². The lowest BCUT2D eigenvalue weighted by Crippen LogP contribution is -2.43. The summed E-state index contributed by atoms with van der Waals surface area (Å²) in [5, 5.41) is 3.13. The summed E-state index contributed by atoms with van der Waals surface area (Å²) in [5.74, 6) is 0.476. The summed E-state index contributed by atoms with van der Waals surface area (Å²) in [6, 6.07) is 13.6. The van der Waals surface area contributed by atoms with E-state index < -0.39 is 0 Å². The second-order valence-corrected chi connectivity index (χ2v) is 7.73. The van der Waals surface area contributed by atoms with Gasteiger partial charge in [0.25, 0.3) is 5.56 Å². The van der Waals surface area contributed by atoms with Gasteiger partial charge in [0.15, 0.2) is 11.5 Å². The Morgan fingerprint density at radius 1 is 1.17 bits per heavy atom. The van der Waals surface area contributed by atoms with E-state index in [0.717, 1.165) is 5.56 Å². The molecule has 1 saturated heterocycles. The smallest absolute Gasteiger partial charge is 0.295 e. The van der Waals surface area contributed by atoms with Gasteiger partial charge >= 0.3 is 0 Å². The molecule has 0 radical (unpaired) electrons. The number of nitrogens with zero attached hydrogens (tertiary/aromatic N) is 4. The molecule has 4 rings (SSSR count). The number of nitrogens with one attached hydrogen (secondary N) is 1. The molecule has 0 bridgehead atoms. The molecule has 1 aliphatic rings. The van der Waals surface area contributed by atoms with Gasteiger partial charge in [0, 0.05) is 31.7 Å². The highest BCUT2D eigenvalue weighted by Crippen LogP contribution is 2.23. The number of piperidine rings is 1. The third kappa shape index (κ3) is 3.92. The van der Waals surface area contributed by atoms with E-state index >= 15 is 0 Å². The highest BCUT2D eigenvalue weighted by Gasteiger charge is 2.28. The van der Waals surface area contributed by atoms with Crippen molar-refractivity contribution in [3.05, 3.63) is 64.6 Å². The van der Waals surface area contributed by atoms with Gasteiger partial charge < -0.3 is 10.2 Å². The van der Waals surface area contributed by atoms with Gasteiger partial charge in [0.1, 0.15) is 5.52 Å². The molecule has 7 heteroatoms. The molecule has 30 heavy (non-hydrogen) atoms. The van der Waals surface area contributed by atoms with E-state index in [1.54, 1.807) is 10.8 Å². The molecule has 2 aromatic heterocycles. The molecular formula is C23H27N5O2. The number of carbonyl (C=O) groups excluding carboxylic acids is 1. The van der Waals surface area contributed by atoms with Crippen molar-refractivity contribution in [1.29, 1.82) is 0 Å². The Bertz CT molecular complexity index is 1090. The zero-order chi connectivity index (χ0) is 21.1. The van der Waals surface area contributed by atoms with Crippen LogP contribution in [-0.4, -0.2) is 33.5 Å². The maximum absolute atomic E-state index is 13.0. The number of aryl methyl sites for hydroxylation is 1. The van der Waals surface area contributed by atoms with E-state index in [0.29, 0.717) is 49.5 Å². The van der Waals surface area contributed by atoms with Crippen molar-refractivity contribution in [1.82, 2.24) is 19.9 Å². The van der Waals surface area contributed by atoms with Crippen molar-refractivity contribution in [2.45, 2.75) is 39.3 Å². The summed E-state index contributed by atoms with van der Waals surface area (Å²) in [4.78, 5) is 36.6. The first-order valence-corrected chi connectivity index (χ1v) is 10.5. The van der Waals surface area contributed by atoms with E-state index in [9.17, 15) is 9.59 Å². The number of anilines is 1. The maximum atomic E-state index is 13.0. The second-order valence-electron chi connectivity index (χ2n) is 7.73. The van der Waals surface area contributed by atoms with Gasteiger partial charge in [-0.25, -0.2) is 9.97 Å². The van der Waals surface area contributed by atoms with Gasteiger partial charge in [0.05, 0.1) is 6.04 Å². The summed E-state index contributed by atoms with van der Waals surface area (Å²) >= 11 is 0. The minimum atomic E-state index is -0.121. The van der Waals surface area contributed by atoms with Gasteiger partial charge in [-0.1, -0.05) is 30.3 Å². The summed E-state index contributed by atoms with van der Waals surface area (Å²) in [5.41, 5.74) is 2.30. The largest absolute Gasteiger partial charge is 0.352 e. The van der Waals surface area contributed by atoms with Crippen molar-refractivity contribution in [3.63, 3.8) is 0 Å². The SMILES string of the molecule is CCn1c(=O)c(N2CCC(C(=O)N[C@@H](C)c3ccccc3)CC2)nc2cccnc21. The van der Waals surface area contributed by atoms with Crippen LogP contribution in [0.3, 0.4) is 0 Å². The number of hydrogen-bond donors (Lipinski definition) is 1. The van der Waals surface area contributed by atoms with Gasteiger partial charge in [-0.3, -0.25) is 14.2 Å². The molecule has 1 atom stereocenters. The molecule has 3 heterocycles. The first-order valence-electron chi connectivity index (χ1n) is 10.5. The van der Waals surface area contributed by atoms with E-state index in [4.69, 9.17) is 0 Å². The number of fused-ring (bicyclic) bond motifs is 1. The molecule has 1 N–H and O–H groups in total. The van der Waals surface area contributed by atoms with Crippen molar-refractivity contribution >= 4 is 22.9 Å². The van der Waals surface area contributed by atoms with Crippen LogP contribution in [0.25, 0.3) is 11.2 Å². The highest BCUT2D eigenvalue weighted by molar-refractivity contribution is 5.79. The molecule has 0 unspecified atom stereocenters. The molecule has 7 nitrogen and oxygen atoms in total. The highest BCUT2D eigenvalue weighted by atomic mass is 16.2. The fourth-order valence-electron chi connectivity index (χ4n) is 4.07. The average molecular weight is 406 g/mol. The average Bonchev–Trinajstić information content (AvgIpc) is 2.79. The van der Waals surface area contributed by atoms with Crippen molar-refractivity contribution in [2.75, 3.05) is 18.0 Å². The normalized spacial score (nSPS) is 15.9. The number of pyridine rings is 1. The van der Waals surface area contributed by atoms with Crippen molar-refractivity contribution in [2.24, 2.45) is 5.92 Å². The van der Waals surface area contributed by atoms with Crippen molar-refractivity contribution in [3.8, 4) is 0 Å². The third-order valence-corrected chi connectivity index (χ3v) is 5.82. The molecular weight excluding hydrogens is 378 g/mol. The molecule has 0 aliphatic carbocycles. The monoisotopic (exact) mass is 405 g/mol. The van der Waals surface area contributed by atoms with Crippen LogP contribution in [0.1, 0.15) is 38.3 Å². The first kappa shape index (κ1) is 20.1. The quantitative estimate of drug-likeness (QED) is 0.706. The van der Waals surface area contributed by atoms with Crippen LogP contribution >= 0.6 is 0 Å². The van der Waals surface area contributed by atoms with Crippen molar-refractivity contribution < 1.29 is 4.79 Å². The molecule has 1 aromatic carbocycles. The Hall–Kier alpha value is -3.22. The van der Waals surface area contributed by atoms with Crippen LogP contribution in [0.4, 0.5) is 5.82 Å². The number of amides is 1. The zero-order valence-electron chi connectivity index (χ0n) is 17.4. The molecule has 1 amide bonds. The lowest BCUT2D eigenvalue weighted by Gasteiger charge is -2.32. The number of benzene rings is 1. The molecule has 0 saturated carbocycles. The molecule has 1 aliphatic heterocycles. The lowest BCUT2D eigenvalue weighted by atomic mass is 9.95. The summed E-state index contributed by atoms with van der Waals surface area (Å²) in [6.07, 6.45) is 3.08. The molecule has 0 spiro atoms. The standard InChI is InChI=1S/C23H27N5O2/c1-3-28-20-19(10-7-13-24-20)26-21(23(28)30)27-14-11-18(12-15-27)22(29)25-16(2)17-8-5-4-6-9-17/h4-10,13,16,18H,3,11-12,14-15H2,1-2H3,(H,25,29)/t16-/m0/s1. The van der Waals surface area contributed by atoms with E-state index in [1.165, 1.54) is 0 Å². The lowest BCUT2D eigenvalue weighted by molar-refractivity contribution is -0.126. The van der Waals surface area contributed by atoms with Gasteiger partial charge in [0.2, 0.25) is 5.91 Å². The van der Waals surface area contributed by atoms with Gasteiger partial charge in [-0.15, -0.1) is 0 Å². The Balaban J connectivity index is 1.45. The predicted octanol–water partition coefficient (Wildman–Crippen LogP) is 2.91. The fourth-order valence-corrected chi connectivity index (χ4v) is 4.07. The number of aromatic nitrogens is 3. The molecule has 1 fully saturated rings. The number of carbonyl (C=O) groups is 1. The topological polar surface area (TPSA) is 80.1 Å².